The molecule has 0 bridgehead atoms. The maximum atomic E-state index is 13.3. The van der Waals surface area contributed by atoms with Crippen LogP contribution in [0.15, 0.2) is 29.1 Å². The lowest BCUT2D eigenvalue weighted by Gasteiger charge is -2.16. The predicted octanol–water partition coefficient (Wildman–Crippen LogP) is 2.40. The molecule has 0 aliphatic heterocycles. The number of nitrogens with one attached hydrogen (secondary N) is 1. The summed E-state index contributed by atoms with van der Waals surface area (Å²) < 4.78 is 13.3. The summed E-state index contributed by atoms with van der Waals surface area (Å²) in [6, 6.07) is 3.41. The molecule has 2 aromatic rings. The van der Waals surface area contributed by atoms with Gasteiger partial charge in [-0.05, 0) is 17.7 Å². The van der Waals surface area contributed by atoms with Crippen molar-refractivity contribution in [2.45, 2.75) is 6.04 Å². The summed E-state index contributed by atoms with van der Waals surface area (Å²) in [5.74, 6) is -1.02. The molecule has 7 heteroatoms. The monoisotopic (exact) mass is 300 g/mol. The number of carbonyl (C=O) groups is 1. The second-order valence-corrected chi connectivity index (χ2v) is 4.88. The number of aliphatic hydroxyl groups is 1. The Bertz CT molecular complexity index is 577. The van der Waals surface area contributed by atoms with E-state index in [0.29, 0.717) is 5.56 Å². The molecule has 2 rings (SSSR count). The van der Waals surface area contributed by atoms with E-state index in [4.69, 9.17) is 11.6 Å². The molecule has 1 amide bonds. The average Bonchev–Trinajstić information content (AvgIpc) is 2.93. The number of hydrogen-bond donors (Lipinski definition) is 2. The van der Waals surface area contributed by atoms with Gasteiger partial charge in [0.25, 0.3) is 5.91 Å². The van der Waals surface area contributed by atoms with E-state index in [0.717, 1.165) is 0 Å². The Morgan fingerprint density at radius 3 is 2.95 bits per heavy atom. The summed E-state index contributed by atoms with van der Waals surface area (Å²) in [6.07, 6.45) is 0. The Balaban J connectivity index is 2.16. The lowest BCUT2D eigenvalue weighted by molar-refractivity contribution is 0.0911. The van der Waals surface area contributed by atoms with Gasteiger partial charge in [0.15, 0.2) is 0 Å². The molecule has 2 N–H and O–H groups in total. The first-order chi connectivity index (χ1) is 9.11. The zero-order chi connectivity index (χ0) is 13.8. The standard InChI is InChI=1S/C12H10ClFN2O2S/c13-8-2-1-7(3-9(8)14)10(4-17)16-12(18)11-5-19-6-15-11/h1-3,5-6,10,17H,4H2,(H,16,18). The molecule has 0 aliphatic rings. The Morgan fingerprint density at radius 2 is 2.37 bits per heavy atom. The second kappa shape index (κ2) is 6.10. The first kappa shape index (κ1) is 13.9. The van der Waals surface area contributed by atoms with E-state index in [9.17, 15) is 14.3 Å². The quantitative estimate of drug-likeness (QED) is 0.911. The highest BCUT2D eigenvalue weighted by molar-refractivity contribution is 7.07. The highest BCUT2D eigenvalue weighted by Crippen LogP contribution is 2.20. The highest BCUT2D eigenvalue weighted by Gasteiger charge is 2.17. The minimum absolute atomic E-state index is 0.00809. The van der Waals surface area contributed by atoms with E-state index in [1.54, 1.807) is 11.4 Å². The van der Waals surface area contributed by atoms with Gasteiger partial charge < -0.3 is 10.4 Å². The molecule has 100 valence electrons. The lowest BCUT2D eigenvalue weighted by Crippen LogP contribution is -2.31. The number of rotatable bonds is 4. The van der Waals surface area contributed by atoms with Crippen LogP contribution < -0.4 is 5.32 Å². The normalized spacial score (nSPS) is 12.2. The zero-order valence-electron chi connectivity index (χ0n) is 9.64. The van der Waals surface area contributed by atoms with Gasteiger partial charge >= 0.3 is 0 Å². The number of amides is 1. The van der Waals surface area contributed by atoms with Crippen molar-refractivity contribution in [2.75, 3.05) is 6.61 Å². The maximum absolute atomic E-state index is 13.3. The summed E-state index contributed by atoms with van der Waals surface area (Å²) >= 11 is 6.87. The van der Waals surface area contributed by atoms with Gasteiger partial charge in [-0.1, -0.05) is 17.7 Å². The fourth-order valence-corrected chi connectivity index (χ4v) is 2.17. The Kier molecular flexibility index (Phi) is 4.47. The SMILES string of the molecule is O=C(NC(CO)c1ccc(Cl)c(F)c1)c1cscn1. The smallest absolute Gasteiger partial charge is 0.271 e. The van der Waals surface area contributed by atoms with Crippen LogP contribution in [0.1, 0.15) is 22.1 Å². The average molecular weight is 301 g/mol. The van der Waals surface area contributed by atoms with Crippen molar-refractivity contribution in [1.82, 2.24) is 10.3 Å². The molecule has 1 aromatic heterocycles. The summed E-state index contributed by atoms with van der Waals surface area (Å²) in [5, 5.41) is 13.5. The molecule has 0 saturated heterocycles. The van der Waals surface area contributed by atoms with Crippen molar-refractivity contribution in [1.29, 1.82) is 0 Å². The molecule has 1 heterocycles. The van der Waals surface area contributed by atoms with E-state index < -0.39 is 17.8 Å². The first-order valence-corrected chi connectivity index (χ1v) is 6.68. The van der Waals surface area contributed by atoms with Gasteiger partial charge in [0.2, 0.25) is 0 Å². The fraction of sp³-hybridized carbons (Fsp3) is 0.167. The van der Waals surface area contributed by atoms with Crippen LogP contribution in [0, 0.1) is 5.82 Å². The highest BCUT2D eigenvalue weighted by atomic mass is 35.5. The minimum Gasteiger partial charge on any atom is -0.394 e. The van der Waals surface area contributed by atoms with Crippen LogP contribution in [0.4, 0.5) is 4.39 Å². The third-order valence-corrected chi connectivity index (χ3v) is 3.39. The fourth-order valence-electron chi connectivity index (χ4n) is 1.52. The molecule has 0 radical (unpaired) electrons. The molecule has 0 spiro atoms. The van der Waals surface area contributed by atoms with Crippen LogP contribution in [0.25, 0.3) is 0 Å². The maximum Gasteiger partial charge on any atom is 0.271 e. The number of nitrogens with zero attached hydrogens (tertiary/aromatic N) is 1. The van der Waals surface area contributed by atoms with E-state index in [2.05, 4.69) is 10.3 Å². The summed E-state index contributed by atoms with van der Waals surface area (Å²) in [7, 11) is 0. The van der Waals surface area contributed by atoms with Gasteiger partial charge in [0.05, 0.1) is 23.2 Å². The van der Waals surface area contributed by atoms with Crippen LogP contribution in [0.5, 0.6) is 0 Å². The van der Waals surface area contributed by atoms with Gasteiger partial charge in [0.1, 0.15) is 11.5 Å². The molecule has 1 aromatic carbocycles. The Morgan fingerprint density at radius 1 is 1.58 bits per heavy atom. The van der Waals surface area contributed by atoms with Crippen molar-refractivity contribution in [2.24, 2.45) is 0 Å². The molecule has 0 aliphatic carbocycles. The first-order valence-electron chi connectivity index (χ1n) is 5.36. The van der Waals surface area contributed by atoms with Crippen LogP contribution in [-0.4, -0.2) is 22.6 Å². The lowest BCUT2D eigenvalue weighted by atomic mass is 10.1. The van der Waals surface area contributed by atoms with Gasteiger partial charge in [-0.2, -0.15) is 0 Å². The van der Waals surface area contributed by atoms with Gasteiger partial charge in [-0.3, -0.25) is 4.79 Å². The molecule has 1 unspecified atom stereocenters. The van der Waals surface area contributed by atoms with E-state index in [-0.39, 0.29) is 17.3 Å². The summed E-state index contributed by atoms with van der Waals surface area (Å²) in [6.45, 7) is -0.350. The molecular formula is C12H10ClFN2O2S. The topological polar surface area (TPSA) is 62.2 Å². The molecular weight excluding hydrogens is 291 g/mol. The number of hydrogen-bond acceptors (Lipinski definition) is 4. The molecule has 1 atom stereocenters. The third kappa shape index (κ3) is 3.28. The number of aromatic nitrogens is 1. The van der Waals surface area contributed by atoms with Crippen molar-refractivity contribution in [3.05, 3.63) is 51.2 Å². The number of benzene rings is 1. The molecule has 4 nitrogen and oxygen atoms in total. The largest absolute Gasteiger partial charge is 0.394 e. The molecule has 0 fully saturated rings. The zero-order valence-corrected chi connectivity index (χ0v) is 11.2. The molecule has 19 heavy (non-hydrogen) atoms. The van der Waals surface area contributed by atoms with Crippen molar-refractivity contribution < 1.29 is 14.3 Å². The number of halogens is 2. The van der Waals surface area contributed by atoms with Crippen LogP contribution in [-0.2, 0) is 0 Å². The summed E-state index contributed by atoms with van der Waals surface area (Å²) in [5.41, 5.74) is 2.23. The summed E-state index contributed by atoms with van der Waals surface area (Å²) in [4.78, 5) is 15.7. The predicted molar refractivity (Wildman–Crippen MR) is 70.8 cm³/mol. The minimum atomic E-state index is -0.707. The van der Waals surface area contributed by atoms with Crippen LogP contribution in [0.3, 0.4) is 0 Å². The number of thiazole rings is 1. The van der Waals surface area contributed by atoms with Crippen molar-refractivity contribution in [3.63, 3.8) is 0 Å². The number of carbonyl (C=O) groups excluding carboxylic acids is 1. The third-order valence-electron chi connectivity index (χ3n) is 2.50. The number of aliphatic hydroxyl groups excluding tert-OH is 1. The molecule has 0 saturated carbocycles. The Labute approximate surface area is 117 Å². The van der Waals surface area contributed by atoms with Crippen molar-refractivity contribution >= 4 is 28.8 Å². The van der Waals surface area contributed by atoms with E-state index >= 15 is 0 Å². The van der Waals surface area contributed by atoms with Crippen LogP contribution >= 0.6 is 22.9 Å². The van der Waals surface area contributed by atoms with Crippen molar-refractivity contribution in [3.8, 4) is 0 Å². The van der Waals surface area contributed by atoms with Gasteiger partial charge in [-0.25, -0.2) is 9.37 Å². The Hall–Kier alpha value is -1.50. The van der Waals surface area contributed by atoms with E-state index in [1.165, 1.54) is 29.0 Å². The second-order valence-electron chi connectivity index (χ2n) is 3.76. The van der Waals surface area contributed by atoms with E-state index in [1.807, 2.05) is 0 Å². The van der Waals surface area contributed by atoms with Gasteiger partial charge in [-0.15, -0.1) is 11.3 Å². The van der Waals surface area contributed by atoms with Crippen LogP contribution in [0.2, 0.25) is 5.02 Å². The van der Waals surface area contributed by atoms with Gasteiger partial charge in [0, 0.05) is 5.38 Å².